The SMILES string of the molecule is N#Cc1ccc(NC(=O)COC(=O)c2cc(-c3ccc(Br)cc3)nc3ccccc23)cc1. The van der Waals surface area contributed by atoms with Gasteiger partial charge in [-0.15, -0.1) is 0 Å². The van der Waals surface area contributed by atoms with E-state index in [1.54, 1.807) is 36.4 Å². The van der Waals surface area contributed by atoms with Crippen molar-refractivity contribution >= 4 is 44.4 Å². The van der Waals surface area contributed by atoms with Gasteiger partial charge in [0.25, 0.3) is 5.91 Å². The van der Waals surface area contributed by atoms with Crippen molar-refractivity contribution in [1.82, 2.24) is 4.98 Å². The van der Waals surface area contributed by atoms with E-state index in [9.17, 15) is 9.59 Å². The van der Waals surface area contributed by atoms with Gasteiger partial charge in [0, 0.05) is 21.1 Å². The molecule has 1 heterocycles. The molecule has 0 atom stereocenters. The number of esters is 1. The number of amides is 1. The van der Waals surface area contributed by atoms with E-state index >= 15 is 0 Å². The number of pyridine rings is 1. The van der Waals surface area contributed by atoms with E-state index in [-0.39, 0.29) is 0 Å². The predicted octanol–water partition coefficient (Wildman–Crippen LogP) is 5.33. The Labute approximate surface area is 192 Å². The summed E-state index contributed by atoms with van der Waals surface area (Å²) in [6, 6.07) is 25.0. The minimum Gasteiger partial charge on any atom is -0.452 e. The van der Waals surface area contributed by atoms with Crippen LogP contribution in [-0.4, -0.2) is 23.5 Å². The van der Waals surface area contributed by atoms with Gasteiger partial charge in [0.05, 0.1) is 28.4 Å². The van der Waals surface area contributed by atoms with Crippen LogP contribution in [-0.2, 0) is 9.53 Å². The van der Waals surface area contributed by atoms with Gasteiger partial charge in [-0.25, -0.2) is 9.78 Å². The highest BCUT2D eigenvalue weighted by Gasteiger charge is 2.16. The summed E-state index contributed by atoms with van der Waals surface area (Å²) in [6.07, 6.45) is 0. The minimum absolute atomic E-state index is 0.333. The third kappa shape index (κ3) is 4.82. The zero-order chi connectivity index (χ0) is 22.5. The molecular formula is C25H16BrN3O3. The van der Waals surface area contributed by atoms with Crippen molar-refractivity contribution in [3.63, 3.8) is 0 Å². The van der Waals surface area contributed by atoms with Crippen molar-refractivity contribution in [3.8, 4) is 17.3 Å². The average Bonchev–Trinajstić information content (AvgIpc) is 2.83. The summed E-state index contributed by atoms with van der Waals surface area (Å²) >= 11 is 3.41. The van der Waals surface area contributed by atoms with Crippen molar-refractivity contribution < 1.29 is 14.3 Å². The van der Waals surface area contributed by atoms with Crippen molar-refractivity contribution in [3.05, 3.63) is 94.5 Å². The fourth-order valence-electron chi connectivity index (χ4n) is 3.15. The Morgan fingerprint density at radius 3 is 2.44 bits per heavy atom. The number of carbonyl (C=O) groups is 2. The van der Waals surface area contributed by atoms with Crippen LogP contribution in [0, 0.1) is 11.3 Å². The van der Waals surface area contributed by atoms with Gasteiger partial charge in [-0.1, -0.05) is 46.3 Å². The van der Waals surface area contributed by atoms with Gasteiger partial charge in [-0.3, -0.25) is 4.79 Å². The quantitative estimate of drug-likeness (QED) is 0.385. The van der Waals surface area contributed by atoms with Crippen molar-refractivity contribution in [2.75, 3.05) is 11.9 Å². The van der Waals surface area contributed by atoms with Crippen LogP contribution in [0.4, 0.5) is 5.69 Å². The summed E-state index contributed by atoms with van der Waals surface area (Å²) in [5.74, 6) is -1.09. The second kappa shape index (κ2) is 9.41. The van der Waals surface area contributed by atoms with E-state index in [4.69, 9.17) is 10.00 Å². The van der Waals surface area contributed by atoms with E-state index in [1.165, 1.54) is 0 Å². The number of benzene rings is 3. The summed E-state index contributed by atoms with van der Waals surface area (Å²) in [5, 5.41) is 12.1. The molecule has 0 saturated carbocycles. The lowest BCUT2D eigenvalue weighted by atomic mass is 10.0. The number of nitrogens with zero attached hydrogens (tertiary/aromatic N) is 2. The fraction of sp³-hybridized carbons (Fsp3) is 0.0400. The molecule has 32 heavy (non-hydrogen) atoms. The van der Waals surface area contributed by atoms with Crippen LogP contribution >= 0.6 is 15.9 Å². The zero-order valence-corrected chi connectivity index (χ0v) is 18.3. The maximum Gasteiger partial charge on any atom is 0.339 e. The molecule has 0 saturated heterocycles. The number of halogens is 1. The van der Waals surface area contributed by atoms with Gasteiger partial charge < -0.3 is 10.1 Å². The predicted molar refractivity (Wildman–Crippen MR) is 125 cm³/mol. The highest BCUT2D eigenvalue weighted by atomic mass is 79.9. The number of aromatic nitrogens is 1. The maximum absolute atomic E-state index is 12.9. The molecule has 0 aliphatic carbocycles. The van der Waals surface area contributed by atoms with Crippen LogP contribution in [0.3, 0.4) is 0 Å². The van der Waals surface area contributed by atoms with E-state index < -0.39 is 18.5 Å². The van der Waals surface area contributed by atoms with E-state index in [0.29, 0.717) is 33.4 Å². The molecule has 0 aliphatic heterocycles. The number of para-hydroxylation sites is 1. The molecule has 1 N–H and O–H groups in total. The van der Waals surface area contributed by atoms with Crippen LogP contribution in [0.25, 0.3) is 22.2 Å². The van der Waals surface area contributed by atoms with Gasteiger partial charge in [0.2, 0.25) is 0 Å². The molecule has 0 bridgehead atoms. The summed E-state index contributed by atoms with van der Waals surface area (Å²) in [7, 11) is 0. The van der Waals surface area contributed by atoms with Gasteiger partial charge >= 0.3 is 5.97 Å². The van der Waals surface area contributed by atoms with Gasteiger partial charge in [0.15, 0.2) is 6.61 Å². The molecule has 1 amide bonds. The monoisotopic (exact) mass is 485 g/mol. The number of hydrogen-bond acceptors (Lipinski definition) is 5. The first kappa shape index (κ1) is 21.2. The Balaban J connectivity index is 1.54. The van der Waals surface area contributed by atoms with E-state index in [2.05, 4.69) is 26.2 Å². The molecule has 4 aromatic rings. The van der Waals surface area contributed by atoms with E-state index in [1.807, 2.05) is 48.5 Å². The first-order chi connectivity index (χ1) is 15.5. The number of nitriles is 1. The smallest absolute Gasteiger partial charge is 0.339 e. The molecule has 1 aromatic heterocycles. The first-order valence-electron chi connectivity index (χ1n) is 9.66. The molecule has 6 nitrogen and oxygen atoms in total. The minimum atomic E-state index is -0.614. The van der Waals surface area contributed by atoms with Gasteiger partial charge in [0.1, 0.15) is 0 Å². The number of rotatable bonds is 5. The van der Waals surface area contributed by atoms with Crippen LogP contribution in [0.5, 0.6) is 0 Å². The van der Waals surface area contributed by atoms with Crippen molar-refractivity contribution in [2.45, 2.75) is 0 Å². The Hall–Kier alpha value is -4.02. The highest BCUT2D eigenvalue weighted by Crippen LogP contribution is 2.26. The molecule has 0 aliphatic rings. The Kier molecular flexibility index (Phi) is 6.24. The molecule has 3 aromatic carbocycles. The van der Waals surface area contributed by atoms with Crippen molar-refractivity contribution in [2.24, 2.45) is 0 Å². The molecule has 156 valence electrons. The molecule has 0 fully saturated rings. The Morgan fingerprint density at radius 2 is 1.72 bits per heavy atom. The zero-order valence-electron chi connectivity index (χ0n) is 16.7. The number of carbonyl (C=O) groups excluding carboxylic acids is 2. The number of hydrogen-bond donors (Lipinski definition) is 1. The number of anilines is 1. The van der Waals surface area contributed by atoms with E-state index in [0.717, 1.165) is 10.0 Å². The lowest BCUT2D eigenvalue weighted by Gasteiger charge is -2.11. The molecular weight excluding hydrogens is 470 g/mol. The van der Waals surface area contributed by atoms with Crippen LogP contribution < -0.4 is 5.32 Å². The van der Waals surface area contributed by atoms with Crippen molar-refractivity contribution in [1.29, 1.82) is 5.26 Å². The van der Waals surface area contributed by atoms with Crippen LogP contribution in [0.2, 0.25) is 0 Å². The largest absolute Gasteiger partial charge is 0.452 e. The normalized spacial score (nSPS) is 10.4. The number of nitrogens with one attached hydrogen (secondary N) is 1. The lowest BCUT2D eigenvalue weighted by Crippen LogP contribution is -2.21. The number of ether oxygens (including phenoxy) is 1. The summed E-state index contributed by atoms with van der Waals surface area (Å²) in [6.45, 7) is -0.441. The topological polar surface area (TPSA) is 92.1 Å². The maximum atomic E-state index is 12.9. The molecule has 7 heteroatoms. The van der Waals surface area contributed by atoms with Gasteiger partial charge in [-0.05, 0) is 48.5 Å². The third-order valence-corrected chi connectivity index (χ3v) is 5.24. The second-order valence-corrected chi connectivity index (χ2v) is 7.81. The third-order valence-electron chi connectivity index (χ3n) is 4.71. The Morgan fingerprint density at radius 1 is 1.00 bits per heavy atom. The fourth-order valence-corrected chi connectivity index (χ4v) is 3.41. The van der Waals surface area contributed by atoms with Crippen LogP contribution in [0.15, 0.2) is 83.3 Å². The average molecular weight is 486 g/mol. The highest BCUT2D eigenvalue weighted by molar-refractivity contribution is 9.10. The van der Waals surface area contributed by atoms with Gasteiger partial charge in [-0.2, -0.15) is 5.26 Å². The number of fused-ring (bicyclic) bond motifs is 1. The molecule has 0 radical (unpaired) electrons. The first-order valence-corrected chi connectivity index (χ1v) is 10.5. The summed E-state index contributed by atoms with van der Waals surface area (Å²) in [5.41, 5.74) is 3.47. The standard InChI is InChI=1S/C25H16BrN3O3/c26-18-9-7-17(8-10-18)23-13-21(20-3-1-2-4-22(20)29-23)25(31)32-15-24(30)28-19-11-5-16(14-27)6-12-19/h1-13H,15H2,(H,28,30). The Bertz CT molecular complexity index is 1340. The molecule has 4 rings (SSSR count). The molecule has 0 spiro atoms. The summed E-state index contributed by atoms with van der Waals surface area (Å²) < 4.78 is 6.23. The molecule has 0 unspecified atom stereocenters. The summed E-state index contributed by atoms with van der Waals surface area (Å²) in [4.78, 5) is 29.7. The van der Waals surface area contributed by atoms with Crippen LogP contribution in [0.1, 0.15) is 15.9 Å². The lowest BCUT2D eigenvalue weighted by molar-refractivity contribution is -0.119. The second-order valence-electron chi connectivity index (χ2n) is 6.89.